The lowest BCUT2D eigenvalue weighted by Gasteiger charge is -2.33. The number of likely N-dealkylation sites (tertiary alicyclic amines) is 1. The predicted molar refractivity (Wildman–Crippen MR) is 115 cm³/mol. The quantitative estimate of drug-likeness (QED) is 0.619. The van der Waals surface area contributed by atoms with E-state index < -0.39 is 11.4 Å². The Hall–Kier alpha value is -2.96. The molecule has 1 saturated heterocycles. The molecular formula is C24H29FN2O4. The Morgan fingerprint density at radius 2 is 1.87 bits per heavy atom. The highest BCUT2D eigenvalue weighted by Crippen LogP contribution is 2.29. The number of amides is 1. The van der Waals surface area contributed by atoms with Crippen molar-refractivity contribution < 1.29 is 23.5 Å². The molecule has 0 atom stereocenters. The van der Waals surface area contributed by atoms with Gasteiger partial charge >= 0.3 is 6.09 Å². The lowest BCUT2D eigenvalue weighted by molar-refractivity contribution is 0.0203. The van der Waals surface area contributed by atoms with Gasteiger partial charge in [-0.1, -0.05) is 6.07 Å². The van der Waals surface area contributed by atoms with Crippen LogP contribution in [-0.4, -0.2) is 40.5 Å². The van der Waals surface area contributed by atoms with Crippen LogP contribution in [0.25, 0.3) is 0 Å². The van der Waals surface area contributed by atoms with Gasteiger partial charge in [0.1, 0.15) is 18.0 Å². The van der Waals surface area contributed by atoms with Crippen LogP contribution in [0.5, 0.6) is 5.88 Å². The number of hydrogen-bond acceptors (Lipinski definition) is 5. The molecule has 3 rings (SSSR count). The molecule has 0 unspecified atom stereocenters. The molecule has 1 aliphatic heterocycles. The first kappa shape index (κ1) is 22.7. The van der Waals surface area contributed by atoms with Crippen LogP contribution in [0.3, 0.4) is 0 Å². The molecule has 1 aromatic carbocycles. The Balaban J connectivity index is 1.60. The van der Waals surface area contributed by atoms with Crippen LogP contribution in [-0.2, 0) is 11.3 Å². The molecule has 7 heteroatoms. The van der Waals surface area contributed by atoms with Crippen LogP contribution in [0.15, 0.2) is 36.4 Å². The van der Waals surface area contributed by atoms with Gasteiger partial charge in [-0.05, 0) is 64.8 Å². The summed E-state index contributed by atoms with van der Waals surface area (Å²) in [5.41, 5.74) is 1.13. The van der Waals surface area contributed by atoms with Gasteiger partial charge in [0.25, 0.3) is 0 Å². The number of halogens is 1. The van der Waals surface area contributed by atoms with Crippen molar-refractivity contribution in [3.63, 3.8) is 0 Å². The SMILES string of the molecule is CC(=O)c1ccc(F)c(COc2cccc(C3CCN(C(=O)OC(C)(C)C)CC3)n2)c1. The average Bonchev–Trinajstić information content (AvgIpc) is 2.72. The predicted octanol–water partition coefficient (Wildman–Crippen LogP) is 5.12. The molecule has 0 aliphatic carbocycles. The van der Waals surface area contributed by atoms with Gasteiger partial charge in [0.2, 0.25) is 5.88 Å². The second-order valence-electron chi connectivity index (χ2n) is 8.79. The highest BCUT2D eigenvalue weighted by molar-refractivity contribution is 5.94. The number of rotatable bonds is 5. The largest absolute Gasteiger partial charge is 0.473 e. The Labute approximate surface area is 182 Å². The maximum atomic E-state index is 14.1. The van der Waals surface area contributed by atoms with E-state index in [9.17, 15) is 14.0 Å². The summed E-state index contributed by atoms with van der Waals surface area (Å²) in [5.74, 6) is 0.0643. The molecule has 166 valence electrons. The van der Waals surface area contributed by atoms with Crippen molar-refractivity contribution >= 4 is 11.9 Å². The molecule has 2 heterocycles. The Kier molecular flexibility index (Phi) is 6.93. The van der Waals surface area contributed by atoms with Crippen molar-refractivity contribution in [2.45, 2.75) is 58.7 Å². The summed E-state index contributed by atoms with van der Waals surface area (Å²) < 4.78 is 25.2. The minimum atomic E-state index is -0.509. The average molecular weight is 429 g/mol. The van der Waals surface area contributed by atoms with Crippen LogP contribution in [0.4, 0.5) is 9.18 Å². The zero-order valence-corrected chi connectivity index (χ0v) is 18.5. The maximum Gasteiger partial charge on any atom is 0.410 e. The fourth-order valence-corrected chi connectivity index (χ4v) is 3.48. The molecule has 0 N–H and O–H groups in total. The molecule has 1 fully saturated rings. The van der Waals surface area contributed by atoms with Crippen molar-refractivity contribution in [1.29, 1.82) is 0 Å². The molecule has 0 bridgehead atoms. The van der Waals surface area contributed by atoms with E-state index in [1.807, 2.05) is 32.9 Å². The van der Waals surface area contributed by atoms with Gasteiger partial charge in [-0.2, -0.15) is 0 Å². The number of pyridine rings is 1. The summed E-state index contributed by atoms with van der Waals surface area (Å²) in [6.07, 6.45) is 1.28. The summed E-state index contributed by atoms with van der Waals surface area (Å²) in [7, 11) is 0. The molecule has 1 aliphatic rings. The topological polar surface area (TPSA) is 68.7 Å². The maximum absolute atomic E-state index is 14.1. The number of carbonyl (C=O) groups excluding carboxylic acids is 2. The zero-order valence-electron chi connectivity index (χ0n) is 18.5. The summed E-state index contributed by atoms with van der Waals surface area (Å²) in [6.45, 7) is 8.21. The third-order valence-electron chi connectivity index (χ3n) is 5.14. The van der Waals surface area contributed by atoms with Crippen LogP contribution >= 0.6 is 0 Å². The fraction of sp³-hybridized carbons (Fsp3) is 0.458. The van der Waals surface area contributed by atoms with E-state index in [-0.39, 0.29) is 24.4 Å². The number of hydrogen-bond donors (Lipinski definition) is 0. The van der Waals surface area contributed by atoms with E-state index >= 15 is 0 Å². The van der Waals surface area contributed by atoms with Gasteiger partial charge < -0.3 is 14.4 Å². The van der Waals surface area contributed by atoms with E-state index in [1.54, 1.807) is 11.0 Å². The molecule has 31 heavy (non-hydrogen) atoms. The number of ether oxygens (including phenoxy) is 2. The van der Waals surface area contributed by atoms with E-state index in [4.69, 9.17) is 9.47 Å². The Morgan fingerprint density at radius 3 is 2.52 bits per heavy atom. The molecule has 0 saturated carbocycles. The van der Waals surface area contributed by atoms with E-state index in [0.29, 0.717) is 30.1 Å². The summed E-state index contributed by atoms with van der Waals surface area (Å²) >= 11 is 0. The smallest absolute Gasteiger partial charge is 0.410 e. The van der Waals surface area contributed by atoms with E-state index in [1.165, 1.54) is 25.1 Å². The summed E-state index contributed by atoms with van der Waals surface area (Å²) in [4.78, 5) is 30.1. The first-order valence-electron chi connectivity index (χ1n) is 10.5. The van der Waals surface area contributed by atoms with Crippen LogP contribution in [0.1, 0.15) is 68.1 Å². The minimum absolute atomic E-state index is 0.0134. The molecule has 6 nitrogen and oxygen atoms in total. The van der Waals surface area contributed by atoms with Crippen molar-refractivity contribution in [2.75, 3.05) is 13.1 Å². The number of aromatic nitrogens is 1. The highest BCUT2D eigenvalue weighted by Gasteiger charge is 2.28. The summed E-state index contributed by atoms with van der Waals surface area (Å²) in [5, 5.41) is 0. The van der Waals surface area contributed by atoms with Crippen LogP contribution in [0, 0.1) is 5.82 Å². The number of nitrogens with zero attached hydrogens (tertiary/aromatic N) is 2. The zero-order chi connectivity index (χ0) is 22.6. The van der Waals surface area contributed by atoms with Crippen LogP contribution < -0.4 is 4.74 Å². The molecule has 0 spiro atoms. The van der Waals surface area contributed by atoms with E-state index in [2.05, 4.69) is 4.98 Å². The highest BCUT2D eigenvalue weighted by atomic mass is 19.1. The summed E-state index contributed by atoms with van der Waals surface area (Å²) in [6, 6.07) is 9.78. The third-order valence-corrected chi connectivity index (χ3v) is 5.14. The minimum Gasteiger partial charge on any atom is -0.473 e. The number of piperidine rings is 1. The van der Waals surface area contributed by atoms with Gasteiger partial charge in [-0.15, -0.1) is 0 Å². The molecule has 2 aromatic rings. The number of benzene rings is 1. The van der Waals surface area contributed by atoms with Gasteiger partial charge in [-0.3, -0.25) is 4.79 Å². The standard InChI is InChI=1S/C24H29FN2O4/c1-16(28)18-8-9-20(25)19(14-18)15-30-22-7-5-6-21(26-22)17-10-12-27(13-11-17)23(29)31-24(2,3)4/h5-9,14,17H,10-13,15H2,1-4H3. The lowest BCUT2D eigenvalue weighted by atomic mass is 9.93. The number of Topliss-reactive ketones (excluding diaryl/α,β-unsaturated/α-hetero) is 1. The second-order valence-corrected chi connectivity index (χ2v) is 8.79. The third kappa shape index (κ3) is 6.26. The van der Waals surface area contributed by atoms with Gasteiger partial charge in [0.05, 0.1) is 0 Å². The van der Waals surface area contributed by atoms with E-state index in [0.717, 1.165) is 18.5 Å². The monoisotopic (exact) mass is 428 g/mol. The molecule has 1 amide bonds. The van der Waals surface area contributed by atoms with Gasteiger partial charge in [0.15, 0.2) is 5.78 Å². The fourth-order valence-electron chi connectivity index (χ4n) is 3.48. The van der Waals surface area contributed by atoms with Crippen molar-refractivity contribution in [3.8, 4) is 5.88 Å². The van der Waals surface area contributed by atoms with Gasteiger partial charge in [0, 0.05) is 41.9 Å². The van der Waals surface area contributed by atoms with Crippen molar-refractivity contribution in [1.82, 2.24) is 9.88 Å². The first-order chi connectivity index (χ1) is 14.6. The number of ketones is 1. The van der Waals surface area contributed by atoms with Crippen molar-refractivity contribution in [2.24, 2.45) is 0 Å². The molecular weight excluding hydrogens is 399 g/mol. The lowest BCUT2D eigenvalue weighted by Crippen LogP contribution is -2.41. The second kappa shape index (κ2) is 9.45. The molecule has 1 aromatic heterocycles. The van der Waals surface area contributed by atoms with Crippen molar-refractivity contribution in [3.05, 3.63) is 59.0 Å². The normalized spacial score (nSPS) is 14.9. The Morgan fingerprint density at radius 1 is 1.16 bits per heavy atom. The Bertz CT molecular complexity index is 947. The molecule has 0 radical (unpaired) electrons. The first-order valence-corrected chi connectivity index (χ1v) is 10.5. The van der Waals surface area contributed by atoms with Crippen LogP contribution in [0.2, 0.25) is 0 Å². The number of carbonyl (C=O) groups is 2. The van der Waals surface area contributed by atoms with Gasteiger partial charge in [-0.25, -0.2) is 14.2 Å².